The lowest BCUT2D eigenvalue weighted by molar-refractivity contribution is 0.590. The first kappa shape index (κ1) is 13.4. The summed E-state index contributed by atoms with van der Waals surface area (Å²) in [4.78, 5) is 0. The van der Waals surface area contributed by atoms with Crippen LogP contribution in [0.4, 0.5) is 0 Å². The van der Waals surface area contributed by atoms with Gasteiger partial charge in [0.2, 0.25) is 0 Å². The van der Waals surface area contributed by atoms with Crippen LogP contribution in [0.25, 0.3) is 6.08 Å². The Morgan fingerprint density at radius 1 is 1.17 bits per heavy atom. The fraction of sp³-hybridized carbons (Fsp3) is 0.529. The minimum Gasteiger partial charge on any atom is -0.314 e. The van der Waals surface area contributed by atoms with E-state index >= 15 is 0 Å². The van der Waals surface area contributed by atoms with Gasteiger partial charge >= 0.3 is 0 Å². The van der Waals surface area contributed by atoms with Gasteiger partial charge in [-0.1, -0.05) is 57.2 Å². The molecular formula is C17H25N. The zero-order valence-electron chi connectivity index (χ0n) is 11.9. The highest BCUT2D eigenvalue weighted by atomic mass is 14.9. The number of benzene rings is 1. The van der Waals surface area contributed by atoms with Gasteiger partial charge in [-0.2, -0.15) is 0 Å². The Hall–Kier alpha value is -1.08. The average Bonchev–Trinajstić information content (AvgIpc) is 3.12. The molecule has 1 aliphatic rings. The molecule has 2 rings (SSSR count). The van der Waals surface area contributed by atoms with Crippen molar-refractivity contribution in [3.05, 3.63) is 41.5 Å². The Labute approximate surface area is 111 Å². The first-order valence-electron chi connectivity index (χ1n) is 7.06. The van der Waals surface area contributed by atoms with Crippen LogP contribution in [0.2, 0.25) is 0 Å². The van der Waals surface area contributed by atoms with Gasteiger partial charge in [-0.25, -0.2) is 0 Å². The molecule has 0 aromatic heterocycles. The van der Waals surface area contributed by atoms with Gasteiger partial charge in [0.25, 0.3) is 0 Å². The molecule has 1 heteroatoms. The Balaban J connectivity index is 1.79. The molecule has 0 atom stereocenters. The summed E-state index contributed by atoms with van der Waals surface area (Å²) in [5.41, 5.74) is 2.95. The predicted molar refractivity (Wildman–Crippen MR) is 79.8 cm³/mol. The molecule has 1 N–H and O–H groups in total. The van der Waals surface area contributed by atoms with Gasteiger partial charge in [-0.05, 0) is 42.3 Å². The van der Waals surface area contributed by atoms with Crippen molar-refractivity contribution in [1.29, 1.82) is 0 Å². The predicted octanol–water partition coefficient (Wildman–Crippen LogP) is 4.14. The highest BCUT2D eigenvalue weighted by molar-refractivity contribution is 5.50. The summed E-state index contributed by atoms with van der Waals surface area (Å²) >= 11 is 0. The van der Waals surface area contributed by atoms with E-state index in [0.29, 0.717) is 0 Å². The van der Waals surface area contributed by atoms with E-state index in [-0.39, 0.29) is 5.41 Å². The zero-order chi connectivity index (χ0) is 13.0. The van der Waals surface area contributed by atoms with E-state index in [0.717, 1.165) is 19.0 Å². The van der Waals surface area contributed by atoms with Crippen LogP contribution in [0, 0.1) is 0 Å². The molecular weight excluding hydrogens is 218 g/mol. The average molecular weight is 243 g/mol. The number of rotatable bonds is 5. The van der Waals surface area contributed by atoms with Crippen LogP contribution in [0.1, 0.15) is 51.2 Å². The van der Waals surface area contributed by atoms with Crippen LogP contribution in [0.5, 0.6) is 0 Å². The van der Waals surface area contributed by atoms with Gasteiger partial charge in [0, 0.05) is 6.04 Å². The molecule has 18 heavy (non-hydrogen) atoms. The van der Waals surface area contributed by atoms with E-state index in [2.05, 4.69) is 62.5 Å². The minimum absolute atomic E-state index is 0.246. The summed E-state index contributed by atoms with van der Waals surface area (Å²) in [6, 6.07) is 9.73. The summed E-state index contributed by atoms with van der Waals surface area (Å²) in [5, 5.41) is 3.52. The molecule has 0 saturated heterocycles. The van der Waals surface area contributed by atoms with E-state index in [1.165, 1.54) is 24.0 Å². The van der Waals surface area contributed by atoms with Crippen LogP contribution in [0.15, 0.2) is 30.3 Å². The molecule has 1 aromatic carbocycles. The molecule has 0 unspecified atom stereocenters. The molecule has 1 nitrogen and oxygen atoms in total. The van der Waals surface area contributed by atoms with Crippen molar-refractivity contribution in [1.82, 2.24) is 5.32 Å². The molecule has 0 amide bonds. The monoisotopic (exact) mass is 243 g/mol. The summed E-state index contributed by atoms with van der Waals surface area (Å²) in [7, 11) is 0. The second-order valence-electron chi connectivity index (χ2n) is 6.29. The maximum Gasteiger partial charge on any atom is 0.00683 e. The van der Waals surface area contributed by atoms with Crippen molar-refractivity contribution in [3.63, 3.8) is 0 Å². The number of nitrogens with one attached hydrogen (secondary N) is 1. The summed E-state index contributed by atoms with van der Waals surface area (Å²) in [6.45, 7) is 7.87. The van der Waals surface area contributed by atoms with E-state index in [1.807, 2.05) is 0 Å². The van der Waals surface area contributed by atoms with E-state index in [4.69, 9.17) is 0 Å². The first-order valence-corrected chi connectivity index (χ1v) is 7.06. The van der Waals surface area contributed by atoms with Crippen LogP contribution in [-0.4, -0.2) is 12.6 Å². The Morgan fingerprint density at radius 3 is 2.39 bits per heavy atom. The van der Waals surface area contributed by atoms with Crippen LogP contribution < -0.4 is 5.32 Å². The standard InChI is InChI=1S/C17H25N/c1-17(2,3)15-9-7-14(8-10-15)6-4-5-13-18-16-11-12-16/h4,6-10,16,18H,5,11-13H2,1-3H3. The van der Waals surface area contributed by atoms with Gasteiger partial charge in [-0.3, -0.25) is 0 Å². The number of hydrogen-bond acceptors (Lipinski definition) is 1. The lowest BCUT2D eigenvalue weighted by Crippen LogP contribution is -2.16. The summed E-state index contributed by atoms with van der Waals surface area (Å²) in [5.74, 6) is 0. The quantitative estimate of drug-likeness (QED) is 0.766. The number of hydrogen-bond donors (Lipinski definition) is 1. The maximum atomic E-state index is 3.52. The third-order valence-corrected chi connectivity index (χ3v) is 3.41. The zero-order valence-corrected chi connectivity index (χ0v) is 11.9. The van der Waals surface area contributed by atoms with Gasteiger partial charge in [0.15, 0.2) is 0 Å². The maximum absolute atomic E-state index is 3.52. The second kappa shape index (κ2) is 5.71. The van der Waals surface area contributed by atoms with Crippen molar-refractivity contribution in [2.24, 2.45) is 0 Å². The highest BCUT2D eigenvalue weighted by Gasteiger charge is 2.19. The van der Waals surface area contributed by atoms with E-state index in [1.54, 1.807) is 0 Å². The molecule has 1 aromatic rings. The molecule has 98 valence electrons. The van der Waals surface area contributed by atoms with Crippen molar-refractivity contribution in [3.8, 4) is 0 Å². The van der Waals surface area contributed by atoms with Crippen molar-refractivity contribution in [2.45, 2.75) is 51.5 Å². The van der Waals surface area contributed by atoms with Crippen molar-refractivity contribution < 1.29 is 0 Å². The molecule has 0 heterocycles. The van der Waals surface area contributed by atoms with Crippen molar-refractivity contribution in [2.75, 3.05) is 6.54 Å². The van der Waals surface area contributed by atoms with Gasteiger partial charge in [-0.15, -0.1) is 0 Å². The molecule has 0 bridgehead atoms. The molecule has 1 saturated carbocycles. The van der Waals surface area contributed by atoms with Crippen LogP contribution in [-0.2, 0) is 5.41 Å². The first-order chi connectivity index (χ1) is 8.55. The highest BCUT2D eigenvalue weighted by Crippen LogP contribution is 2.22. The molecule has 0 spiro atoms. The SMILES string of the molecule is CC(C)(C)c1ccc(C=CCCNC2CC2)cc1. The van der Waals surface area contributed by atoms with E-state index < -0.39 is 0 Å². The largest absolute Gasteiger partial charge is 0.314 e. The molecule has 1 fully saturated rings. The molecule has 0 radical (unpaired) electrons. The normalized spacial score (nSPS) is 16.4. The lowest BCUT2D eigenvalue weighted by atomic mass is 9.87. The minimum atomic E-state index is 0.246. The molecule has 0 aliphatic heterocycles. The van der Waals surface area contributed by atoms with Gasteiger partial charge in [0.1, 0.15) is 0 Å². The Morgan fingerprint density at radius 2 is 1.83 bits per heavy atom. The summed E-state index contributed by atoms with van der Waals surface area (Å²) < 4.78 is 0. The lowest BCUT2D eigenvalue weighted by Gasteiger charge is -2.18. The third-order valence-electron chi connectivity index (χ3n) is 3.41. The fourth-order valence-electron chi connectivity index (χ4n) is 1.97. The van der Waals surface area contributed by atoms with Crippen LogP contribution >= 0.6 is 0 Å². The van der Waals surface area contributed by atoms with Gasteiger partial charge in [0.05, 0.1) is 0 Å². The smallest absolute Gasteiger partial charge is 0.00683 e. The summed E-state index contributed by atoms with van der Waals surface area (Å²) in [6.07, 6.45) is 8.36. The molecule has 1 aliphatic carbocycles. The second-order valence-corrected chi connectivity index (χ2v) is 6.29. The third kappa shape index (κ3) is 4.30. The van der Waals surface area contributed by atoms with Crippen LogP contribution in [0.3, 0.4) is 0 Å². The Bertz CT molecular complexity index is 391. The van der Waals surface area contributed by atoms with Gasteiger partial charge < -0.3 is 5.32 Å². The topological polar surface area (TPSA) is 12.0 Å². The fourth-order valence-corrected chi connectivity index (χ4v) is 1.97. The van der Waals surface area contributed by atoms with Crippen molar-refractivity contribution >= 4 is 6.08 Å². The van der Waals surface area contributed by atoms with E-state index in [9.17, 15) is 0 Å². The Kier molecular flexibility index (Phi) is 4.23.